The molecule has 1 aromatic rings. The van der Waals surface area contributed by atoms with Crippen LogP contribution in [0.4, 0.5) is 4.39 Å². The largest absolute Gasteiger partial charge is 0.349 e. The first kappa shape index (κ1) is 12.6. The second-order valence-corrected chi connectivity index (χ2v) is 3.55. The van der Waals surface area contributed by atoms with Crippen LogP contribution in [-0.4, -0.2) is 23.5 Å². The molecule has 0 bridgehead atoms. The van der Waals surface area contributed by atoms with Crippen molar-refractivity contribution in [3.63, 3.8) is 0 Å². The monoisotopic (exact) mass is 225 g/mol. The number of rotatable bonds is 5. The van der Waals surface area contributed by atoms with Gasteiger partial charge in [0.25, 0.3) is 5.91 Å². The third-order valence-corrected chi connectivity index (χ3v) is 2.31. The predicted molar refractivity (Wildman–Crippen MR) is 59.4 cm³/mol. The average Bonchev–Trinajstić information content (AvgIpc) is 2.28. The third-order valence-electron chi connectivity index (χ3n) is 2.31. The van der Waals surface area contributed by atoms with Gasteiger partial charge in [0.1, 0.15) is 5.82 Å². The van der Waals surface area contributed by atoms with Crippen LogP contribution < -0.4 is 11.1 Å². The van der Waals surface area contributed by atoms with Gasteiger partial charge in [-0.25, -0.2) is 4.39 Å². The lowest BCUT2D eigenvalue weighted by molar-refractivity contribution is 0.0933. The minimum absolute atomic E-state index is 0.0285. The summed E-state index contributed by atoms with van der Waals surface area (Å²) in [6.07, 6.45) is 3.91. The topological polar surface area (TPSA) is 68.0 Å². The number of carbonyl (C=O) groups excluding carboxylic acids is 1. The number of hydrogen-bond donors (Lipinski definition) is 2. The van der Waals surface area contributed by atoms with Crippen LogP contribution in [0, 0.1) is 5.82 Å². The number of amides is 1. The smallest absolute Gasteiger partial charge is 0.253 e. The number of halogens is 1. The Hall–Kier alpha value is -1.49. The number of pyridine rings is 1. The van der Waals surface area contributed by atoms with Gasteiger partial charge in [0, 0.05) is 12.2 Å². The number of nitrogens with zero attached hydrogens (tertiary/aromatic N) is 1. The summed E-state index contributed by atoms with van der Waals surface area (Å²) < 4.78 is 12.8. The van der Waals surface area contributed by atoms with Crippen LogP contribution in [0.1, 0.15) is 30.1 Å². The Kier molecular flexibility index (Phi) is 4.85. The Morgan fingerprint density at radius 1 is 1.62 bits per heavy atom. The van der Waals surface area contributed by atoms with Crippen LogP contribution >= 0.6 is 0 Å². The van der Waals surface area contributed by atoms with Gasteiger partial charge in [-0.05, 0) is 25.5 Å². The average molecular weight is 225 g/mol. The highest BCUT2D eigenvalue weighted by atomic mass is 19.1. The molecule has 0 fully saturated rings. The fourth-order valence-electron chi connectivity index (χ4n) is 1.38. The normalized spacial score (nSPS) is 12.2. The van der Waals surface area contributed by atoms with Crippen molar-refractivity contribution in [3.8, 4) is 0 Å². The molecular weight excluding hydrogens is 209 g/mol. The Labute approximate surface area is 94.1 Å². The van der Waals surface area contributed by atoms with Crippen molar-refractivity contribution in [2.45, 2.75) is 25.8 Å². The molecule has 16 heavy (non-hydrogen) atoms. The standard InChI is InChI=1S/C11H16FN3O/c1-2-10(3-4-13)15-11(16)8-5-9(12)7-14-6-8/h5-7,10H,2-4,13H2,1H3,(H,15,16). The molecule has 4 nitrogen and oxygen atoms in total. The van der Waals surface area contributed by atoms with Gasteiger partial charge in [-0.2, -0.15) is 0 Å². The van der Waals surface area contributed by atoms with Gasteiger partial charge in [-0.1, -0.05) is 6.92 Å². The zero-order valence-electron chi connectivity index (χ0n) is 9.24. The summed E-state index contributed by atoms with van der Waals surface area (Å²) in [4.78, 5) is 15.3. The summed E-state index contributed by atoms with van der Waals surface area (Å²) in [5.41, 5.74) is 5.65. The molecule has 0 aromatic carbocycles. The maximum atomic E-state index is 12.8. The molecule has 0 radical (unpaired) electrons. The molecule has 1 aromatic heterocycles. The van der Waals surface area contributed by atoms with Crippen LogP contribution in [0.3, 0.4) is 0 Å². The van der Waals surface area contributed by atoms with E-state index in [1.807, 2.05) is 6.92 Å². The quantitative estimate of drug-likeness (QED) is 0.787. The van der Waals surface area contributed by atoms with Crippen molar-refractivity contribution < 1.29 is 9.18 Å². The van der Waals surface area contributed by atoms with E-state index in [0.29, 0.717) is 13.0 Å². The first-order valence-electron chi connectivity index (χ1n) is 5.28. The molecule has 1 rings (SSSR count). The van der Waals surface area contributed by atoms with E-state index in [4.69, 9.17) is 5.73 Å². The lowest BCUT2D eigenvalue weighted by atomic mass is 10.1. The molecule has 5 heteroatoms. The summed E-state index contributed by atoms with van der Waals surface area (Å²) in [6.45, 7) is 2.48. The summed E-state index contributed by atoms with van der Waals surface area (Å²) in [5, 5.41) is 2.79. The van der Waals surface area contributed by atoms with Gasteiger partial charge in [0.05, 0.1) is 11.8 Å². The van der Waals surface area contributed by atoms with E-state index in [1.54, 1.807) is 0 Å². The molecule has 3 N–H and O–H groups in total. The molecule has 0 spiro atoms. The molecule has 88 valence electrons. The van der Waals surface area contributed by atoms with Gasteiger partial charge < -0.3 is 11.1 Å². The lowest BCUT2D eigenvalue weighted by Crippen LogP contribution is -2.35. The van der Waals surface area contributed by atoms with Crippen molar-refractivity contribution >= 4 is 5.91 Å². The van der Waals surface area contributed by atoms with Crippen molar-refractivity contribution in [2.24, 2.45) is 5.73 Å². The van der Waals surface area contributed by atoms with Crippen LogP contribution in [0.2, 0.25) is 0 Å². The highest BCUT2D eigenvalue weighted by Gasteiger charge is 2.12. The Balaban J connectivity index is 2.64. The van der Waals surface area contributed by atoms with E-state index >= 15 is 0 Å². The maximum absolute atomic E-state index is 12.8. The number of nitrogens with two attached hydrogens (primary N) is 1. The van der Waals surface area contributed by atoms with E-state index in [2.05, 4.69) is 10.3 Å². The molecule has 1 amide bonds. The highest BCUT2D eigenvalue weighted by Crippen LogP contribution is 2.03. The second-order valence-electron chi connectivity index (χ2n) is 3.55. The summed E-state index contributed by atoms with van der Waals surface area (Å²) in [5.74, 6) is -0.827. The Morgan fingerprint density at radius 2 is 2.38 bits per heavy atom. The number of nitrogens with one attached hydrogen (secondary N) is 1. The van der Waals surface area contributed by atoms with Gasteiger partial charge in [0.15, 0.2) is 0 Å². The van der Waals surface area contributed by atoms with Crippen LogP contribution in [0.25, 0.3) is 0 Å². The molecule has 0 saturated heterocycles. The maximum Gasteiger partial charge on any atom is 0.253 e. The second kappa shape index (κ2) is 6.17. The van der Waals surface area contributed by atoms with E-state index < -0.39 is 5.82 Å². The molecule has 1 unspecified atom stereocenters. The van der Waals surface area contributed by atoms with E-state index in [0.717, 1.165) is 18.7 Å². The molecule has 1 atom stereocenters. The SMILES string of the molecule is CCC(CCN)NC(=O)c1cncc(F)c1. The number of aromatic nitrogens is 1. The van der Waals surface area contributed by atoms with Crippen LogP contribution in [-0.2, 0) is 0 Å². The molecule has 0 aliphatic rings. The summed E-state index contributed by atoms with van der Waals surface area (Å²) >= 11 is 0. The van der Waals surface area contributed by atoms with E-state index in [-0.39, 0.29) is 17.5 Å². The first-order valence-corrected chi connectivity index (χ1v) is 5.28. The molecule has 0 aliphatic carbocycles. The van der Waals surface area contributed by atoms with E-state index in [9.17, 15) is 9.18 Å². The Morgan fingerprint density at radius 3 is 2.94 bits per heavy atom. The van der Waals surface area contributed by atoms with E-state index in [1.165, 1.54) is 6.20 Å². The zero-order chi connectivity index (χ0) is 12.0. The lowest BCUT2D eigenvalue weighted by Gasteiger charge is -2.15. The van der Waals surface area contributed by atoms with Gasteiger partial charge in [-0.15, -0.1) is 0 Å². The minimum atomic E-state index is -0.514. The van der Waals surface area contributed by atoms with Gasteiger partial charge in [-0.3, -0.25) is 9.78 Å². The van der Waals surface area contributed by atoms with Crippen LogP contribution in [0.15, 0.2) is 18.5 Å². The third kappa shape index (κ3) is 3.58. The van der Waals surface area contributed by atoms with Crippen LogP contribution in [0.5, 0.6) is 0 Å². The molecule has 1 heterocycles. The van der Waals surface area contributed by atoms with Crippen molar-refractivity contribution in [3.05, 3.63) is 29.8 Å². The number of hydrogen-bond acceptors (Lipinski definition) is 3. The summed E-state index contributed by atoms with van der Waals surface area (Å²) in [7, 11) is 0. The molecular formula is C11H16FN3O. The predicted octanol–water partition coefficient (Wildman–Crippen LogP) is 1.08. The van der Waals surface area contributed by atoms with Crippen molar-refractivity contribution in [2.75, 3.05) is 6.54 Å². The Bertz CT molecular complexity index is 357. The fourth-order valence-corrected chi connectivity index (χ4v) is 1.38. The molecule has 0 saturated carbocycles. The van der Waals surface area contributed by atoms with Crippen molar-refractivity contribution in [1.82, 2.24) is 10.3 Å². The minimum Gasteiger partial charge on any atom is -0.349 e. The van der Waals surface area contributed by atoms with Gasteiger partial charge in [0.2, 0.25) is 0 Å². The molecule has 0 aliphatic heterocycles. The van der Waals surface area contributed by atoms with Gasteiger partial charge >= 0.3 is 0 Å². The highest BCUT2D eigenvalue weighted by molar-refractivity contribution is 5.94. The summed E-state index contributed by atoms with van der Waals surface area (Å²) in [6, 6.07) is 1.19. The zero-order valence-corrected chi connectivity index (χ0v) is 9.24. The first-order chi connectivity index (χ1) is 7.67. The van der Waals surface area contributed by atoms with Crippen molar-refractivity contribution in [1.29, 1.82) is 0 Å². The fraction of sp³-hybridized carbons (Fsp3) is 0.455. The number of carbonyl (C=O) groups is 1.